The van der Waals surface area contributed by atoms with E-state index in [1.54, 1.807) is 0 Å². The molecule has 1 aliphatic rings. The Morgan fingerprint density at radius 1 is 1.40 bits per heavy atom. The van der Waals surface area contributed by atoms with Gasteiger partial charge in [0.25, 0.3) is 0 Å². The van der Waals surface area contributed by atoms with Crippen molar-refractivity contribution in [1.82, 2.24) is 4.90 Å². The van der Waals surface area contributed by atoms with Gasteiger partial charge in [-0.3, -0.25) is 4.90 Å². The highest BCUT2D eigenvalue weighted by atomic mass is 35.5. The van der Waals surface area contributed by atoms with E-state index in [-0.39, 0.29) is 24.9 Å². The number of ether oxygens (including phenoxy) is 3. The van der Waals surface area contributed by atoms with Crippen LogP contribution in [0.15, 0.2) is 0 Å². The average Bonchev–Trinajstić information content (AvgIpc) is 2.17. The van der Waals surface area contributed by atoms with Gasteiger partial charge in [0.2, 0.25) is 0 Å². The van der Waals surface area contributed by atoms with E-state index in [1.807, 2.05) is 18.7 Å². The summed E-state index contributed by atoms with van der Waals surface area (Å²) < 4.78 is 14.7. The Morgan fingerprint density at radius 2 is 2.00 bits per heavy atom. The monoisotopic (exact) mass is 237 g/mol. The number of hydrogen-bond acceptors (Lipinski definition) is 5. The van der Waals surface area contributed by atoms with Gasteiger partial charge >= 0.3 is 6.16 Å². The SMILES string of the molecule is C[C@@H]1COC[C@H](C)N1COC(=O)OCCl. The number of nitrogens with zero attached hydrogens (tertiary/aromatic N) is 1. The molecule has 1 saturated heterocycles. The number of carbonyl (C=O) groups excluding carboxylic acids is 1. The van der Waals surface area contributed by atoms with Crippen molar-refractivity contribution in [3.63, 3.8) is 0 Å². The van der Waals surface area contributed by atoms with E-state index in [0.29, 0.717) is 13.2 Å². The van der Waals surface area contributed by atoms with Crippen LogP contribution in [0.25, 0.3) is 0 Å². The summed E-state index contributed by atoms with van der Waals surface area (Å²) in [6, 6.07) is 0.280. The first kappa shape index (κ1) is 12.5. The molecule has 88 valence electrons. The van der Waals surface area contributed by atoms with E-state index in [2.05, 4.69) is 4.74 Å². The first-order valence-corrected chi connectivity index (χ1v) is 5.37. The summed E-state index contributed by atoms with van der Waals surface area (Å²) in [5.41, 5.74) is 0. The minimum Gasteiger partial charge on any atom is -0.418 e. The van der Waals surface area contributed by atoms with E-state index in [0.717, 1.165) is 0 Å². The van der Waals surface area contributed by atoms with Crippen LogP contribution in [-0.2, 0) is 14.2 Å². The molecule has 1 aliphatic heterocycles. The van der Waals surface area contributed by atoms with Crippen molar-refractivity contribution in [3.05, 3.63) is 0 Å². The highest BCUT2D eigenvalue weighted by molar-refractivity contribution is 6.17. The smallest absolute Gasteiger partial charge is 0.418 e. The molecular formula is C9H16ClNO4. The first-order valence-electron chi connectivity index (χ1n) is 4.84. The molecule has 2 atom stereocenters. The van der Waals surface area contributed by atoms with Crippen molar-refractivity contribution >= 4 is 17.8 Å². The van der Waals surface area contributed by atoms with Crippen LogP contribution < -0.4 is 0 Å². The van der Waals surface area contributed by atoms with Crippen molar-refractivity contribution in [1.29, 1.82) is 0 Å². The molecule has 1 rings (SSSR count). The fourth-order valence-corrected chi connectivity index (χ4v) is 1.59. The third-order valence-electron chi connectivity index (χ3n) is 2.35. The maximum Gasteiger partial charge on any atom is 0.510 e. The molecule has 0 bridgehead atoms. The van der Waals surface area contributed by atoms with Gasteiger partial charge in [0.05, 0.1) is 13.2 Å². The van der Waals surface area contributed by atoms with E-state index in [4.69, 9.17) is 21.1 Å². The Morgan fingerprint density at radius 3 is 2.53 bits per heavy atom. The molecule has 0 saturated carbocycles. The third-order valence-corrected chi connectivity index (χ3v) is 2.46. The van der Waals surface area contributed by atoms with E-state index in [9.17, 15) is 4.79 Å². The summed E-state index contributed by atoms with van der Waals surface area (Å²) >= 11 is 5.22. The molecule has 0 aromatic heterocycles. The standard InChI is InChI=1S/C9H16ClNO4/c1-7-3-13-4-8(2)11(7)6-15-9(12)14-5-10/h7-8H,3-6H2,1-2H3/t7-,8+. The van der Waals surface area contributed by atoms with Crippen molar-refractivity contribution in [2.45, 2.75) is 25.9 Å². The third kappa shape index (κ3) is 3.85. The molecule has 0 aromatic carbocycles. The van der Waals surface area contributed by atoms with E-state index < -0.39 is 6.16 Å². The van der Waals surface area contributed by atoms with Crippen molar-refractivity contribution in [2.75, 3.05) is 26.0 Å². The molecule has 0 radical (unpaired) electrons. The quantitative estimate of drug-likeness (QED) is 0.549. The molecule has 0 spiro atoms. The van der Waals surface area contributed by atoms with E-state index in [1.165, 1.54) is 0 Å². The predicted octanol–water partition coefficient (Wildman–Crippen LogP) is 1.40. The van der Waals surface area contributed by atoms with Crippen LogP contribution in [-0.4, -0.2) is 49.1 Å². The van der Waals surface area contributed by atoms with Crippen LogP contribution in [0.5, 0.6) is 0 Å². The van der Waals surface area contributed by atoms with Gasteiger partial charge in [-0.25, -0.2) is 4.79 Å². The second-order valence-electron chi connectivity index (χ2n) is 3.53. The largest absolute Gasteiger partial charge is 0.510 e. The van der Waals surface area contributed by atoms with Crippen LogP contribution in [0.1, 0.15) is 13.8 Å². The Bertz CT molecular complexity index is 204. The lowest BCUT2D eigenvalue weighted by Crippen LogP contribution is -2.50. The summed E-state index contributed by atoms with van der Waals surface area (Å²) in [6.07, 6.45) is -0.740. The topological polar surface area (TPSA) is 48.0 Å². The second-order valence-corrected chi connectivity index (χ2v) is 3.74. The Kier molecular flexibility index (Phi) is 5.14. The minimum absolute atomic E-state index is 0.187. The average molecular weight is 238 g/mol. The molecule has 0 amide bonds. The maximum atomic E-state index is 10.9. The van der Waals surface area contributed by atoms with Gasteiger partial charge in [-0.2, -0.15) is 0 Å². The maximum absolute atomic E-state index is 10.9. The number of rotatable bonds is 3. The zero-order chi connectivity index (χ0) is 11.3. The minimum atomic E-state index is -0.740. The number of halogens is 1. The zero-order valence-electron chi connectivity index (χ0n) is 8.94. The zero-order valence-corrected chi connectivity index (χ0v) is 9.70. The molecule has 5 nitrogen and oxygen atoms in total. The number of hydrogen-bond donors (Lipinski definition) is 0. The summed E-state index contributed by atoms with van der Waals surface area (Å²) in [5.74, 6) is 0. The molecule has 1 heterocycles. The van der Waals surface area contributed by atoms with Gasteiger partial charge in [0.15, 0.2) is 6.07 Å². The van der Waals surface area contributed by atoms with Crippen LogP contribution in [0, 0.1) is 0 Å². The van der Waals surface area contributed by atoms with Gasteiger partial charge in [-0.05, 0) is 13.8 Å². The number of alkyl halides is 1. The predicted molar refractivity (Wildman–Crippen MR) is 54.7 cm³/mol. The lowest BCUT2D eigenvalue weighted by molar-refractivity contribution is -0.0828. The molecule has 0 aliphatic carbocycles. The van der Waals surface area contributed by atoms with Crippen LogP contribution in [0.2, 0.25) is 0 Å². The lowest BCUT2D eigenvalue weighted by atomic mass is 10.2. The van der Waals surface area contributed by atoms with Gasteiger partial charge in [-0.1, -0.05) is 11.6 Å². The van der Waals surface area contributed by atoms with Crippen molar-refractivity contribution in [2.24, 2.45) is 0 Å². The van der Waals surface area contributed by atoms with Crippen molar-refractivity contribution < 1.29 is 19.0 Å². The second kappa shape index (κ2) is 6.15. The lowest BCUT2D eigenvalue weighted by Gasteiger charge is -2.37. The molecule has 0 aromatic rings. The first-order chi connectivity index (χ1) is 7.15. The summed E-state index contributed by atoms with van der Waals surface area (Å²) in [4.78, 5) is 13.0. The normalized spacial score (nSPS) is 27.4. The van der Waals surface area contributed by atoms with Crippen LogP contribution in [0.3, 0.4) is 0 Å². The van der Waals surface area contributed by atoms with Gasteiger partial charge < -0.3 is 14.2 Å². The molecule has 0 unspecified atom stereocenters. The Labute approximate surface area is 94.2 Å². The highest BCUT2D eigenvalue weighted by Crippen LogP contribution is 2.12. The highest BCUT2D eigenvalue weighted by Gasteiger charge is 2.26. The summed E-state index contributed by atoms with van der Waals surface area (Å²) in [7, 11) is 0. The van der Waals surface area contributed by atoms with Crippen LogP contribution >= 0.6 is 11.6 Å². The van der Waals surface area contributed by atoms with E-state index >= 15 is 0 Å². The Balaban J connectivity index is 2.32. The van der Waals surface area contributed by atoms with Gasteiger partial charge in [0, 0.05) is 12.1 Å². The fourth-order valence-electron chi connectivity index (χ4n) is 1.50. The number of morpholine rings is 1. The summed E-state index contributed by atoms with van der Waals surface area (Å²) in [5, 5.41) is 0. The molecule has 15 heavy (non-hydrogen) atoms. The molecule has 1 fully saturated rings. The van der Waals surface area contributed by atoms with Crippen LogP contribution in [0.4, 0.5) is 4.79 Å². The van der Waals surface area contributed by atoms with Gasteiger partial charge in [0.1, 0.15) is 6.73 Å². The Hall–Kier alpha value is -0.520. The fraction of sp³-hybridized carbons (Fsp3) is 0.889. The number of carbonyl (C=O) groups is 1. The summed E-state index contributed by atoms with van der Waals surface area (Å²) in [6.45, 7) is 5.55. The van der Waals surface area contributed by atoms with Gasteiger partial charge in [-0.15, -0.1) is 0 Å². The molecular weight excluding hydrogens is 222 g/mol. The van der Waals surface area contributed by atoms with Crippen molar-refractivity contribution in [3.8, 4) is 0 Å². The molecule has 6 heteroatoms. The molecule has 0 N–H and O–H groups in total.